The number of ether oxygens (including phenoxy) is 1. The number of benzene rings is 2. The monoisotopic (exact) mass is 349 g/mol. The minimum Gasteiger partial charge on any atom is -0.508 e. The Bertz CT molecular complexity index is 628. The summed E-state index contributed by atoms with van der Waals surface area (Å²) < 4.78 is 6.38. The highest BCUT2D eigenvalue weighted by Gasteiger charge is 2.12. The first-order valence-electron chi connectivity index (χ1n) is 6.86. The molecule has 0 aliphatic rings. The summed E-state index contributed by atoms with van der Waals surface area (Å²) in [6.45, 7) is 4.74. The normalized spacial score (nSPS) is 12.2. The number of rotatable bonds is 5. The molecule has 0 amide bonds. The van der Waals surface area contributed by atoms with Crippen LogP contribution in [0.4, 0.5) is 0 Å². The van der Waals surface area contributed by atoms with Gasteiger partial charge in [0.05, 0.1) is 7.11 Å². The fraction of sp³-hybridized carbons (Fsp3) is 0.294. The summed E-state index contributed by atoms with van der Waals surface area (Å²) in [5.74, 6) is 1.17. The minimum atomic E-state index is 0.123. The standard InChI is InChI=1S/C17H20BrNO2/c1-11-4-7-17(21-3)15(8-11)12(2)19-10-13-9-14(18)5-6-16(13)20/h4-9,12,19-20H,10H2,1-3H3. The summed E-state index contributed by atoms with van der Waals surface area (Å²) in [5.41, 5.74) is 3.18. The van der Waals surface area contributed by atoms with Gasteiger partial charge in [0.15, 0.2) is 0 Å². The number of phenolic OH excluding ortho intramolecular Hbond substituents is 1. The van der Waals surface area contributed by atoms with Crippen molar-refractivity contribution in [1.29, 1.82) is 0 Å². The molecule has 1 atom stereocenters. The molecule has 0 bridgehead atoms. The Morgan fingerprint density at radius 3 is 2.71 bits per heavy atom. The van der Waals surface area contributed by atoms with Gasteiger partial charge < -0.3 is 15.2 Å². The summed E-state index contributed by atoms with van der Waals surface area (Å²) in [6.07, 6.45) is 0. The first kappa shape index (κ1) is 15.9. The van der Waals surface area contributed by atoms with Crippen LogP contribution in [0.3, 0.4) is 0 Å². The van der Waals surface area contributed by atoms with E-state index in [0.29, 0.717) is 12.3 Å². The zero-order valence-corrected chi connectivity index (χ0v) is 14.1. The van der Waals surface area contributed by atoms with Crippen molar-refractivity contribution in [3.63, 3.8) is 0 Å². The second-order valence-corrected chi connectivity index (χ2v) is 6.04. The topological polar surface area (TPSA) is 41.5 Å². The van der Waals surface area contributed by atoms with Gasteiger partial charge in [-0.2, -0.15) is 0 Å². The second kappa shape index (κ2) is 6.96. The van der Waals surface area contributed by atoms with Crippen molar-refractivity contribution < 1.29 is 9.84 Å². The molecule has 2 aromatic rings. The predicted octanol–water partition coefficient (Wildman–Crippen LogP) is 4.32. The molecule has 0 heterocycles. The molecule has 1 unspecified atom stereocenters. The molecule has 0 aromatic heterocycles. The van der Waals surface area contributed by atoms with Crippen molar-refractivity contribution in [3.05, 3.63) is 57.6 Å². The number of phenols is 1. The fourth-order valence-electron chi connectivity index (χ4n) is 2.26. The van der Waals surface area contributed by atoms with Crippen LogP contribution in [0.2, 0.25) is 0 Å². The highest BCUT2D eigenvalue weighted by atomic mass is 79.9. The van der Waals surface area contributed by atoms with E-state index >= 15 is 0 Å². The Balaban J connectivity index is 2.13. The summed E-state index contributed by atoms with van der Waals surface area (Å²) >= 11 is 3.42. The van der Waals surface area contributed by atoms with Gasteiger partial charge in [-0.15, -0.1) is 0 Å². The van der Waals surface area contributed by atoms with Gasteiger partial charge in [-0.3, -0.25) is 0 Å². The van der Waals surface area contributed by atoms with E-state index in [1.165, 1.54) is 5.56 Å². The number of hydrogen-bond donors (Lipinski definition) is 2. The predicted molar refractivity (Wildman–Crippen MR) is 88.8 cm³/mol. The quantitative estimate of drug-likeness (QED) is 0.844. The lowest BCUT2D eigenvalue weighted by Gasteiger charge is -2.18. The average molecular weight is 350 g/mol. The van der Waals surface area contributed by atoms with Gasteiger partial charge in [0, 0.05) is 28.2 Å². The van der Waals surface area contributed by atoms with Gasteiger partial charge in [0.25, 0.3) is 0 Å². The Labute approximate surface area is 134 Å². The van der Waals surface area contributed by atoms with Gasteiger partial charge in [-0.05, 0) is 38.1 Å². The Hall–Kier alpha value is -1.52. The maximum Gasteiger partial charge on any atom is 0.123 e. The van der Waals surface area contributed by atoms with Crippen molar-refractivity contribution in [2.24, 2.45) is 0 Å². The van der Waals surface area contributed by atoms with Crippen molar-refractivity contribution in [1.82, 2.24) is 5.32 Å². The SMILES string of the molecule is COc1ccc(C)cc1C(C)NCc1cc(Br)ccc1O. The maximum absolute atomic E-state index is 9.88. The average Bonchev–Trinajstić information content (AvgIpc) is 2.47. The number of hydrogen-bond acceptors (Lipinski definition) is 3. The molecule has 0 saturated heterocycles. The number of halogens is 1. The van der Waals surface area contributed by atoms with Crippen LogP contribution in [-0.2, 0) is 6.54 Å². The largest absolute Gasteiger partial charge is 0.508 e. The molecule has 0 spiro atoms. The lowest BCUT2D eigenvalue weighted by Crippen LogP contribution is -2.19. The van der Waals surface area contributed by atoms with E-state index in [2.05, 4.69) is 41.2 Å². The van der Waals surface area contributed by atoms with Crippen LogP contribution in [0, 0.1) is 6.92 Å². The first-order valence-corrected chi connectivity index (χ1v) is 7.66. The third-order valence-corrected chi connectivity index (χ3v) is 3.99. The van der Waals surface area contributed by atoms with E-state index in [9.17, 15) is 5.11 Å². The van der Waals surface area contributed by atoms with Crippen molar-refractivity contribution in [2.45, 2.75) is 26.4 Å². The third kappa shape index (κ3) is 3.99. The summed E-state index contributed by atoms with van der Waals surface area (Å²) in [6, 6.07) is 11.7. The molecule has 21 heavy (non-hydrogen) atoms. The zero-order chi connectivity index (χ0) is 15.4. The molecule has 0 aliphatic heterocycles. The molecular weight excluding hydrogens is 330 g/mol. The van der Waals surface area contributed by atoms with Crippen LogP contribution in [0.5, 0.6) is 11.5 Å². The molecule has 0 saturated carbocycles. The van der Waals surface area contributed by atoms with Crippen LogP contribution in [0.15, 0.2) is 40.9 Å². The molecular formula is C17H20BrNO2. The first-order chi connectivity index (χ1) is 10.0. The highest BCUT2D eigenvalue weighted by Crippen LogP contribution is 2.27. The van der Waals surface area contributed by atoms with Crippen LogP contribution < -0.4 is 10.1 Å². The molecule has 112 valence electrons. The summed E-state index contributed by atoms with van der Waals surface area (Å²) in [5, 5.41) is 13.3. The smallest absolute Gasteiger partial charge is 0.123 e. The number of aromatic hydroxyl groups is 1. The Kier molecular flexibility index (Phi) is 5.26. The summed E-state index contributed by atoms with van der Waals surface area (Å²) in [4.78, 5) is 0. The van der Waals surface area contributed by atoms with Crippen molar-refractivity contribution in [3.8, 4) is 11.5 Å². The van der Waals surface area contributed by atoms with Gasteiger partial charge >= 0.3 is 0 Å². The van der Waals surface area contributed by atoms with Gasteiger partial charge in [-0.25, -0.2) is 0 Å². The zero-order valence-electron chi connectivity index (χ0n) is 12.5. The molecule has 0 aliphatic carbocycles. The van der Waals surface area contributed by atoms with E-state index in [-0.39, 0.29) is 6.04 Å². The molecule has 0 fully saturated rings. The van der Waals surface area contributed by atoms with Crippen LogP contribution >= 0.6 is 15.9 Å². The maximum atomic E-state index is 9.88. The van der Waals surface area contributed by atoms with E-state index in [4.69, 9.17) is 4.74 Å². The van der Waals surface area contributed by atoms with Crippen LogP contribution in [-0.4, -0.2) is 12.2 Å². The minimum absolute atomic E-state index is 0.123. The van der Waals surface area contributed by atoms with Crippen molar-refractivity contribution >= 4 is 15.9 Å². The molecule has 2 N–H and O–H groups in total. The van der Waals surface area contributed by atoms with Gasteiger partial charge in [0.1, 0.15) is 11.5 Å². The lowest BCUT2D eigenvalue weighted by molar-refractivity contribution is 0.400. The van der Waals surface area contributed by atoms with E-state index < -0.39 is 0 Å². The second-order valence-electron chi connectivity index (χ2n) is 5.12. The Morgan fingerprint density at radius 1 is 1.24 bits per heavy atom. The van der Waals surface area contributed by atoms with Gasteiger partial charge in [0.2, 0.25) is 0 Å². The lowest BCUT2D eigenvalue weighted by atomic mass is 10.0. The van der Waals surface area contributed by atoms with Gasteiger partial charge in [-0.1, -0.05) is 33.6 Å². The third-order valence-electron chi connectivity index (χ3n) is 3.49. The molecule has 2 rings (SSSR count). The fourth-order valence-corrected chi connectivity index (χ4v) is 2.67. The number of aryl methyl sites for hydroxylation is 1. The highest BCUT2D eigenvalue weighted by molar-refractivity contribution is 9.10. The number of methoxy groups -OCH3 is 1. The summed E-state index contributed by atoms with van der Waals surface area (Å²) in [7, 11) is 1.68. The van der Waals surface area contributed by atoms with E-state index in [1.807, 2.05) is 24.3 Å². The van der Waals surface area contributed by atoms with E-state index in [1.54, 1.807) is 13.2 Å². The van der Waals surface area contributed by atoms with Crippen molar-refractivity contribution in [2.75, 3.05) is 7.11 Å². The molecule has 2 aromatic carbocycles. The van der Waals surface area contributed by atoms with E-state index in [0.717, 1.165) is 21.3 Å². The van der Waals surface area contributed by atoms with Crippen LogP contribution in [0.25, 0.3) is 0 Å². The number of nitrogens with one attached hydrogen (secondary N) is 1. The molecule has 0 radical (unpaired) electrons. The molecule has 4 heteroatoms. The molecule has 3 nitrogen and oxygen atoms in total. The van der Waals surface area contributed by atoms with Crippen LogP contribution in [0.1, 0.15) is 29.7 Å². The Morgan fingerprint density at radius 2 is 2.00 bits per heavy atom.